The molecular weight excluding hydrogens is 284 g/mol. The Labute approximate surface area is 128 Å². The number of benzene rings is 2. The van der Waals surface area contributed by atoms with Crippen molar-refractivity contribution >= 4 is 11.5 Å². The minimum Gasteiger partial charge on any atom is -0.353 e. The van der Waals surface area contributed by atoms with E-state index in [-0.39, 0.29) is 5.91 Å². The molecule has 2 rings (SSSR count). The molecule has 1 amide bonds. The summed E-state index contributed by atoms with van der Waals surface area (Å²) in [6.07, 6.45) is 1.91. The molecule has 0 bridgehead atoms. The maximum Gasteiger partial charge on any atom is 0.217 e. The van der Waals surface area contributed by atoms with Crippen LogP contribution >= 0.6 is 0 Å². The van der Waals surface area contributed by atoms with Gasteiger partial charge in [0.05, 0.1) is 0 Å². The molecule has 0 saturated heterocycles. The highest BCUT2D eigenvalue weighted by Gasteiger charge is 2.06. The lowest BCUT2D eigenvalue weighted by atomic mass is 10.0. The predicted molar refractivity (Wildman–Crippen MR) is 84.1 cm³/mol. The molecule has 0 fully saturated rings. The lowest BCUT2D eigenvalue weighted by Crippen LogP contribution is -2.19. The first kappa shape index (κ1) is 15.9. The van der Waals surface area contributed by atoms with Gasteiger partial charge < -0.3 is 5.32 Å². The average Bonchev–Trinajstić information content (AvgIpc) is 2.47. The van der Waals surface area contributed by atoms with Crippen LogP contribution in [0.2, 0.25) is 0 Å². The van der Waals surface area contributed by atoms with Crippen LogP contribution < -0.4 is 5.32 Å². The third-order valence-electron chi connectivity index (χ3n) is 3.34. The van der Waals surface area contributed by atoms with Gasteiger partial charge >= 0.3 is 0 Å². The van der Waals surface area contributed by atoms with E-state index >= 15 is 0 Å². The number of nitrogens with one attached hydrogen (secondary N) is 1. The molecule has 2 nitrogen and oxygen atoms in total. The minimum atomic E-state index is -0.588. The van der Waals surface area contributed by atoms with E-state index in [1.165, 1.54) is 19.1 Å². The third kappa shape index (κ3) is 4.01. The number of hydrogen-bond donors (Lipinski definition) is 1. The monoisotopic (exact) mass is 301 g/mol. The summed E-state index contributed by atoms with van der Waals surface area (Å²) in [5, 5.41) is 2.70. The van der Waals surface area contributed by atoms with Gasteiger partial charge in [-0.3, -0.25) is 4.79 Å². The van der Waals surface area contributed by atoms with Crippen LogP contribution in [0.5, 0.6) is 0 Å². The van der Waals surface area contributed by atoms with Crippen molar-refractivity contribution < 1.29 is 13.6 Å². The maximum absolute atomic E-state index is 13.7. The van der Waals surface area contributed by atoms with E-state index in [1.807, 2.05) is 25.1 Å². The molecule has 0 atom stereocenters. The normalized spacial score (nSPS) is 11.4. The zero-order valence-corrected chi connectivity index (χ0v) is 12.5. The van der Waals surface area contributed by atoms with Crippen molar-refractivity contribution in [3.63, 3.8) is 0 Å². The molecule has 114 valence electrons. The van der Waals surface area contributed by atoms with E-state index in [2.05, 4.69) is 5.32 Å². The summed E-state index contributed by atoms with van der Waals surface area (Å²) >= 11 is 0. The van der Waals surface area contributed by atoms with Gasteiger partial charge in [-0.25, -0.2) is 8.78 Å². The fourth-order valence-electron chi connectivity index (χ4n) is 2.10. The number of carbonyl (C=O) groups excluding carboxylic acids is 1. The Bertz CT molecular complexity index is 706. The Morgan fingerprint density at radius 1 is 1.09 bits per heavy atom. The van der Waals surface area contributed by atoms with Gasteiger partial charge in [0.2, 0.25) is 5.91 Å². The second kappa shape index (κ2) is 6.98. The summed E-state index contributed by atoms with van der Waals surface area (Å²) in [5.74, 6) is -1.24. The van der Waals surface area contributed by atoms with Crippen molar-refractivity contribution in [1.29, 1.82) is 0 Å². The van der Waals surface area contributed by atoms with Crippen LogP contribution in [0, 0.1) is 11.6 Å². The molecule has 0 heterocycles. The predicted octanol–water partition coefficient (Wildman–Crippen LogP) is 4.17. The largest absolute Gasteiger partial charge is 0.353 e. The minimum absolute atomic E-state index is 0.0776. The average molecular weight is 301 g/mol. The Morgan fingerprint density at radius 3 is 2.36 bits per heavy atom. The third-order valence-corrected chi connectivity index (χ3v) is 3.34. The molecule has 4 heteroatoms. The summed E-state index contributed by atoms with van der Waals surface area (Å²) in [6, 6.07) is 10.9. The van der Waals surface area contributed by atoms with Crippen molar-refractivity contribution in [2.45, 2.75) is 13.8 Å². The van der Waals surface area contributed by atoms with E-state index < -0.39 is 11.6 Å². The summed E-state index contributed by atoms with van der Waals surface area (Å²) in [7, 11) is 0. The van der Waals surface area contributed by atoms with Crippen LogP contribution in [-0.2, 0) is 4.79 Å². The van der Waals surface area contributed by atoms with Gasteiger partial charge in [0.25, 0.3) is 0 Å². The molecule has 2 aromatic rings. The smallest absolute Gasteiger partial charge is 0.217 e. The standard InChI is InChI=1S/C18H17F2NO/c1-12(9-10-21-13(2)22)14-3-5-15(6-4-14)17-8-7-16(19)11-18(17)20/h3-9,11H,10H2,1-2H3,(H,21,22)/b12-9-. The van der Waals surface area contributed by atoms with E-state index in [1.54, 1.807) is 12.1 Å². The summed E-state index contributed by atoms with van der Waals surface area (Å²) < 4.78 is 26.7. The highest BCUT2D eigenvalue weighted by Crippen LogP contribution is 2.25. The zero-order valence-electron chi connectivity index (χ0n) is 12.5. The Kier molecular flexibility index (Phi) is 5.04. The fourth-order valence-corrected chi connectivity index (χ4v) is 2.10. The van der Waals surface area contributed by atoms with E-state index in [0.29, 0.717) is 17.7 Å². The Morgan fingerprint density at radius 2 is 1.77 bits per heavy atom. The molecule has 0 aromatic heterocycles. The number of halogens is 2. The van der Waals surface area contributed by atoms with Gasteiger partial charge in [0, 0.05) is 25.1 Å². The van der Waals surface area contributed by atoms with Crippen molar-refractivity contribution in [1.82, 2.24) is 5.32 Å². The molecule has 0 aliphatic rings. The molecule has 0 aliphatic carbocycles. The number of hydrogen-bond acceptors (Lipinski definition) is 1. The summed E-state index contributed by atoms with van der Waals surface area (Å²) in [4.78, 5) is 10.8. The van der Waals surface area contributed by atoms with Gasteiger partial charge in [0.15, 0.2) is 0 Å². The molecule has 0 radical (unpaired) electrons. The fraction of sp³-hybridized carbons (Fsp3) is 0.167. The first-order valence-electron chi connectivity index (χ1n) is 6.94. The Hall–Kier alpha value is -2.49. The van der Waals surface area contributed by atoms with Crippen LogP contribution in [0.1, 0.15) is 19.4 Å². The van der Waals surface area contributed by atoms with Crippen molar-refractivity contribution in [2.24, 2.45) is 0 Å². The van der Waals surface area contributed by atoms with Crippen molar-refractivity contribution in [3.05, 3.63) is 65.7 Å². The molecule has 0 spiro atoms. The number of carbonyl (C=O) groups is 1. The highest BCUT2D eigenvalue weighted by molar-refractivity contribution is 5.74. The van der Waals surface area contributed by atoms with Crippen LogP contribution in [0.25, 0.3) is 16.7 Å². The van der Waals surface area contributed by atoms with Gasteiger partial charge in [0.1, 0.15) is 11.6 Å². The van der Waals surface area contributed by atoms with Crippen molar-refractivity contribution in [2.75, 3.05) is 6.54 Å². The van der Waals surface area contributed by atoms with Crippen LogP contribution in [0.15, 0.2) is 48.5 Å². The molecule has 1 N–H and O–H groups in total. The van der Waals surface area contributed by atoms with E-state index in [9.17, 15) is 13.6 Å². The van der Waals surface area contributed by atoms with E-state index in [4.69, 9.17) is 0 Å². The second-order valence-corrected chi connectivity index (χ2v) is 5.03. The van der Waals surface area contributed by atoms with Gasteiger partial charge in [-0.05, 0) is 35.8 Å². The van der Waals surface area contributed by atoms with Crippen molar-refractivity contribution in [3.8, 4) is 11.1 Å². The maximum atomic E-state index is 13.7. The number of amides is 1. The first-order valence-corrected chi connectivity index (χ1v) is 6.94. The van der Waals surface area contributed by atoms with E-state index in [0.717, 1.165) is 17.2 Å². The molecule has 0 saturated carbocycles. The lowest BCUT2D eigenvalue weighted by Gasteiger charge is -2.07. The molecule has 2 aromatic carbocycles. The topological polar surface area (TPSA) is 29.1 Å². The molecular formula is C18H17F2NO. The number of rotatable bonds is 4. The molecule has 0 aliphatic heterocycles. The highest BCUT2D eigenvalue weighted by atomic mass is 19.1. The SMILES string of the molecule is CC(=O)NC/C=C(/C)c1ccc(-c2ccc(F)cc2F)cc1. The van der Waals surface area contributed by atoms with Gasteiger partial charge in [-0.1, -0.05) is 30.3 Å². The van der Waals surface area contributed by atoms with Gasteiger partial charge in [-0.15, -0.1) is 0 Å². The zero-order chi connectivity index (χ0) is 16.1. The van der Waals surface area contributed by atoms with Gasteiger partial charge in [-0.2, -0.15) is 0 Å². The van der Waals surface area contributed by atoms with Crippen LogP contribution in [0.3, 0.4) is 0 Å². The van der Waals surface area contributed by atoms with Crippen LogP contribution in [-0.4, -0.2) is 12.5 Å². The van der Waals surface area contributed by atoms with Crippen LogP contribution in [0.4, 0.5) is 8.78 Å². The molecule has 22 heavy (non-hydrogen) atoms. The lowest BCUT2D eigenvalue weighted by molar-refractivity contribution is -0.118. The number of allylic oxidation sites excluding steroid dienone is 1. The second-order valence-electron chi connectivity index (χ2n) is 5.03. The quantitative estimate of drug-likeness (QED) is 0.902. The summed E-state index contributed by atoms with van der Waals surface area (Å²) in [6.45, 7) is 3.88. The molecule has 0 unspecified atom stereocenters. The first-order chi connectivity index (χ1) is 10.5. The summed E-state index contributed by atoms with van der Waals surface area (Å²) in [5.41, 5.74) is 3.06. The Balaban J connectivity index is 2.18.